The van der Waals surface area contributed by atoms with Crippen LogP contribution >= 0.6 is 24.8 Å². The first kappa shape index (κ1) is 22.1. The summed E-state index contributed by atoms with van der Waals surface area (Å²) < 4.78 is 36.4. The van der Waals surface area contributed by atoms with Crippen molar-refractivity contribution in [1.82, 2.24) is 0 Å². The van der Waals surface area contributed by atoms with Gasteiger partial charge in [0.1, 0.15) is 6.54 Å². The lowest BCUT2D eigenvalue weighted by molar-refractivity contribution is -0.116. The van der Waals surface area contributed by atoms with Crippen molar-refractivity contribution in [2.45, 2.75) is 25.6 Å². The molecule has 0 saturated carbocycles. The summed E-state index contributed by atoms with van der Waals surface area (Å²) in [6.07, 6.45) is -4.21. The van der Waals surface area contributed by atoms with Gasteiger partial charge in [-0.2, -0.15) is 13.2 Å². The van der Waals surface area contributed by atoms with Crippen molar-refractivity contribution < 1.29 is 18.0 Å². The first-order chi connectivity index (χ1) is 8.78. The number of carbonyl (C=O) groups is 1. The molecule has 0 heterocycles. The Balaban J connectivity index is 0. The lowest BCUT2D eigenvalue weighted by Gasteiger charge is -2.14. The van der Waals surface area contributed by atoms with Crippen molar-refractivity contribution in [3.8, 4) is 0 Å². The Morgan fingerprint density at radius 3 is 2.24 bits per heavy atom. The van der Waals surface area contributed by atoms with Gasteiger partial charge in [0.15, 0.2) is 0 Å². The average molecular weight is 348 g/mol. The van der Waals surface area contributed by atoms with Gasteiger partial charge in [-0.1, -0.05) is 12.1 Å². The lowest BCUT2D eigenvalue weighted by Crippen LogP contribution is -2.25. The van der Waals surface area contributed by atoms with E-state index in [0.717, 1.165) is 0 Å². The first-order valence-electron chi connectivity index (χ1n) is 5.73. The monoisotopic (exact) mass is 347 g/mol. The number of hydrogen-bond donors (Lipinski definition) is 3. The molecular weight excluding hydrogens is 330 g/mol. The van der Waals surface area contributed by atoms with Gasteiger partial charge >= 0.3 is 6.18 Å². The molecule has 0 fully saturated rings. The van der Waals surface area contributed by atoms with E-state index in [1.165, 1.54) is 12.1 Å². The Kier molecular flexibility index (Phi) is 10.2. The number of carbonyl (C=O) groups excluding carboxylic acids is 1. The molecule has 1 atom stereocenters. The van der Waals surface area contributed by atoms with Gasteiger partial charge in [0.25, 0.3) is 0 Å². The number of amides is 1. The molecule has 0 aliphatic carbocycles. The van der Waals surface area contributed by atoms with Gasteiger partial charge in [0.2, 0.25) is 5.91 Å². The highest BCUT2D eigenvalue weighted by molar-refractivity contribution is 5.94. The topological polar surface area (TPSA) is 67.2 Å². The zero-order valence-electron chi connectivity index (χ0n) is 11.2. The van der Waals surface area contributed by atoms with Crippen LogP contribution in [0.1, 0.15) is 13.3 Å². The number of benzene rings is 1. The smallest absolute Gasteiger partial charge is 0.375 e. The second-order valence-corrected chi connectivity index (χ2v) is 4.24. The molecular formula is C12H18Cl2F3N3O. The van der Waals surface area contributed by atoms with Crippen LogP contribution in [0.2, 0.25) is 0 Å². The minimum atomic E-state index is -4.32. The molecule has 4 N–H and O–H groups in total. The zero-order chi connectivity index (χ0) is 14.5. The molecule has 1 aromatic carbocycles. The number of alkyl halides is 3. The Bertz CT molecular complexity index is 442. The Morgan fingerprint density at radius 1 is 1.24 bits per heavy atom. The van der Waals surface area contributed by atoms with Crippen LogP contribution in [0, 0.1) is 0 Å². The van der Waals surface area contributed by atoms with Gasteiger partial charge in [0.05, 0.1) is 11.4 Å². The van der Waals surface area contributed by atoms with Gasteiger partial charge in [-0.3, -0.25) is 4.79 Å². The normalized spacial score (nSPS) is 11.7. The van der Waals surface area contributed by atoms with Gasteiger partial charge in [0, 0.05) is 12.5 Å². The van der Waals surface area contributed by atoms with E-state index in [1.54, 1.807) is 19.1 Å². The molecule has 122 valence electrons. The van der Waals surface area contributed by atoms with Crippen molar-refractivity contribution in [3.63, 3.8) is 0 Å². The fourth-order valence-electron chi connectivity index (χ4n) is 1.44. The summed E-state index contributed by atoms with van der Waals surface area (Å²) in [5.41, 5.74) is 6.00. The van der Waals surface area contributed by atoms with Gasteiger partial charge < -0.3 is 16.4 Å². The third-order valence-electron chi connectivity index (χ3n) is 2.19. The molecule has 0 saturated heterocycles. The molecule has 4 nitrogen and oxygen atoms in total. The summed E-state index contributed by atoms with van der Waals surface area (Å²) in [7, 11) is 0. The molecule has 1 unspecified atom stereocenters. The fourth-order valence-corrected chi connectivity index (χ4v) is 1.44. The number of halogens is 5. The van der Waals surface area contributed by atoms with E-state index >= 15 is 0 Å². The summed E-state index contributed by atoms with van der Waals surface area (Å²) in [4.78, 5) is 11.5. The van der Waals surface area contributed by atoms with Crippen LogP contribution in [0.5, 0.6) is 0 Å². The molecule has 1 amide bonds. The van der Waals surface area contributed by atoms with Crippen molar-refractivity contribution in [3.05, 3.63) is 24.3 Å². The quantitative estimate of drug-likeness (QED) is 0.766. The molecule has 0 bridgehead atoms. The molecule has 0 aliphatic rings. The van der Waals surface area contributed by atoms with E-state index in [1.807, 2.05) is 0 Å². The molecule has 9 heteroatoms. The second kappa shape index (κ2) is 9.70. The number of rotatable bonds is 5. The SMILES string of the molecule is CC(N)CC(=O)Nc1ccccc1NCC(F)(F)F.Cl.Cl. The molecule has 1 rings (SSSR count). The van der Waals surface area contributed by atoms with E-state index in [9.17, 15) is 18.0 Å². The van der Waals surface area contributed by atoms with Crippen LogP contribution in [0.15, 0.2) is 24.3 Å². The minimum absolute atomic E-state index is 0. The summed E-state index contributed by atoms with van der Waals surface area (Å²) in [5.74, 6) is -0.337. The number of para-hydroxylation sites is 2. The van der Waals surface area contributed by atoms with Crippen LogP contribution in [0.25, 0.3) is 0 Å². The van der Waals surface area contributed by atoms with Crippen LogP contribution in [0.4, 0.5) is 24.5 Å². The molecule has 21 heavy (non-hydrogen) atoms. The van der Waals surface area contributed by atoms with E-state index in [4.69, 9.17) is 5.73 Å². The summed E-state index contributed by atoms with van der Waals surface area (Å²) >= 11 is 0. The standard InChI is InChI=1S/C12H16F3N3O.2ClH/c1-8(16)6-11(19)18-10-5-3-2-4-9(10)17-7-12(13,14)15;;/h2-5,8,17H,6-7,16H2,1H3,(H,18,19);2*1H. The number of nitrogens with one attached hydrogen (secondary N) is 2. The van der Waals surface area contributed by atoms with Crippen LogP contribution < -0.4 is 16.4 Å². The van der Waals surface area contributed by atoms with E-state index < -0.39 is 12.7 Å². The summed E-state index contributed by atoms with van der Waals surface area (Å²) in [5, 5.41) is 4.77. The molecule has 0 radical (unpaired) electrons. The van der Waals surface area contributed by atoms with E-state index in [2.05, 4.69) is 10.6 Å². The van der Waals surface area contributed by atoms with Crippen LogP contribution in [-0.2, 0) is 4.79 Å². The average Bonchev–Trinajstić information content (AvgIpc) is 2.25. The summed E-state index contributed by atoms with van der Waals surface area (Å²) in [6, 6.07) is 5.89. The Labute approximate surface area is 133 Å². The predicted octanol–water partition coefficient (Wildman–Crippen LogP) is 3.18. The maximum atomic E-state index is 12.1. The van der Waals surface area contributed by atoms with Gasteiger partial charge in [-0.15, -0.1) is 24.8 Å². The largest absolute Gasteiger partial charge is 0.405 e. The molecule has 0 spiro atoms. The van der Waals surface area contributed by atoms with Gasteiger partial charge in [-0.05, 0) is 19.1 Å². The van der Waals surface area contributed by atoms with Crippen molar-refractivity contribution >= 4 is 42.1 Å². The van der Waals surface area contributed by atoms with Crippen molar-refractivity contribution in [2.24, 2.45) is 5.73 Å². The molecule has 1 aromatic rings. The molecule has 0 aromatic heterocycles. The maximum absolute atomic E-state index is 12.1. The highest BCUT2D eigenvalue weighted by Gasteiger charge is 2.27. The van der Waals surface area contributed by atoms with Crippen LogP contribution in [0.3, 0.4) is 0 Å². The number of nitrogens with two attached hydrogens (primary N) is 1. The third-order valence-corrected chi connectivity index (χ3v) is 2.19. The first-order valence-corrected chi connectivity index (χ1v) is 5.73. The fraction of sp³-hybridized carbons (Fsp3) is 0.417. The maximum Gasteiger partial charge on any atom is 0.405 e. The third kappa shape index (κ3) is 9.38. The highest BCUT2D eigenvalue weighted by Crippen LogP contribution is 2.23. The molecule has 0 aliphatic heterocycles. The van der Waals surface area contributed by atoms with Crippen molar-refractivity contribution in [1.29, 1.82) is 0 Å². The Morgan fingerprint density at radius 2 is 1.76 bits per heavy atom. The second-order valence-electron chi connectivity index (χ2n) is 4.24. The lowest BCUT2D eigenvalue weighted by atomic mass is 10.2. The summed E-state index contributed by atoms with van der Waals surface area (Å²) in [6.45, 7) is 0.514. The zero-order valence-corrected chi connectivity index (χ0v) is 12.9. The predicted molar refractivity (Wildman–Crippen MR) is 82.4 cm³/mol. The Hall–Kier alpha value is -1.18. The van der Waals surface area contributed by atoms with Crippen molar-refractivity contribution in [2.75, 3.05) is 17.2 Å². The number of hydrogen-bond acceptors (Lipinski definition) is 3. The highest BCUT2D eigenvalue weighted by atomic mass is 35.5. The minimum Gasteiger partial charge on any atom is -0.375 e. The van der Waals surface area contributed by atoms with Gasteiger partial charge in [-0.25, -0.2) is 0 Å². The van der Waals surface area contributed by atoms with E-state index in [-0.39, 0.29) is 48.9 Å². The van der Waals surface area contributed by atoms with Crippen LogP contribution in [-0.4, -0.2) is 24.7 Å². The number of anilines is 2. The van der Waals surface area contributed by atoms with E-state index in [0.29, 0.717) is 5.69 Å².